The summed E-state index contributed by atoms with van der Waals surface area (Å²) in [5, 5.41) is 6.24. The van der Waals surface area contributed by atoms with Crippen molar-refractivity contribution >= 4 is 70.7 Å². The molecule has 0 N–H and O–H groups in total. The van der Waals surface area contributed by atoms with Gasteiger partial charge in [0.2, 0.25) is 0 Å². The van der Waals surface area contributed by atoms with E-state index in [-0.39, 0.29) is 0 Å². The fraction of sp³-hybridized carbons (Fsp3) is 0.0345. The Bertz CT molecular complexity index is 3450. The van der Waals surface area contributed by atoms with Crippen LogP contribution in [-0.4, -0.2) is 0 Å². The van der Waals surface area contributed by atoms with Gasteiger partial charge in [0.05, 0.1) is 5.69 Å². The molecule has 0 radical (unpaired) electrons. The van der Waals surface area contributed by atoms with Crippen LogP contribution < -0.4 is 4.90 Å². The molecule has 0 aliphatic heterocycles. The standard InChI is InChI=1S/C58H39NOS/c1-3-11-38(12-4-1)46-27-31-50-52-37-48(30-34-54(52)60-55(50)36-46)59(53-33-32-49(43-14-5-2-6-15-43)58-57(53)51-17-9-10-18-56(51)61-58)47-28-25-41(26-29-47)40-19-21-42(22-20-40)45-24-23-39-13-7-8-16-44(39)35-45/h1-29,31-33,35-37H,30,34H2. The van der Waals surface area contributed by atoms with Crippen LogP contribution in [0.1, 0.15) is 17.7 Å². The Kier molecular flexibility index (Phi) is 8.53. The third-order valence-electron chi connectivity index (χ3n) is 12.4. The van der Waals surface area contributed by atoms with Crippen LogP contribution in [-0.2, 0) is 6.42 Å². The lowest BCUT2D eigenvalue weighted by molar-refractivity contribution is 0.542. The minimum Gasteiger partial charge on any atom is -0.460 e. The van der Waals surface area contributed by atoms with Crippen molar-refractivity contribution in [1.82, 2.24) is 0 Å². The van der Waals surface area contributed by atoms with Crippen molar-refractivity contribution in [2.75, 3.05) is 4.90 Å². The van der Waals surface area contributed by atoms with Gasteiger partial charge >= 0.3 is 0 Å². The van der Waals surface area contributed by atoms with Crippen molar-refractivity contribution in [3.63, 3.8) is 0 Å². The second-order valence-corrected chi connectivity index (χ2v) is 17.0. The Labute approximate surface area is 358 Å². The Morgan fingerprint density at radius 1 is 0.443 bits per heavy atom. The van der Waals surface area contributed by atoms with Crippen molar-refractivity contribution < 1.29 is 4.42 Å². The van der Waals surface area contributed by atoms with Gasteiger partial charge in [-0.25, -0.2) is 0 Å². The largest absolute Gasteiger partial charge is 0.460 e. The van der Waals surface area contributed by atoms with E-state index >= 15 is 0 Å². The molecule has 61 heavy (non-hydrogen) atoms. The normalized spacial score (nSPS) is 12.6. The highest BCUT2D eigenvalue weighted by Crippen LogP contribution is 2.49. The Balaban J connectivity index is 0.985. The maximum Gasteiger partial charge on any atom is 0.135 e. The van der Waals surface area contributed by atoms with Crippen LogP contribution in [0.2, 0.25) is 0 Å². The van der Waals surface area contributed by atoms with Gasteiger partial charge in [-0.05, 0) is 110 Å². The monoisotopic (exact) mass is 797 g/mol. The van der Waals surface area contributed by atoms with Gasteiger partial charge in [-0.1, -0.05) is 164 Å². The maximum absolute atomic E-state index is 6.63. The van der Waals surface area contributed by atoms with E-state index in [1.54, 1.807) is 0 Å². The van der Waals surface area contributed by atoms with E-state index in [4.69, 9.17) is 4.42 Å². The topological polar surface area (TPSA) is 16.4 Å². The number of thiophene rings is 1. The van der Waals surface area contributed by atoms with Crippen molar-refractivity contribution in [2.24, 2.45) is 0 Å². The number of rotatable bonds is 7. The molecule has 0 bridgehead atoms. The van der Waals surface area contributed by atoms with Gasteiger partial charge in [0.15, 0.2) is 0 Å². The summed E-state index contributed by atoms with van der Waals surface area (Å²) >= 11 is 1.89. The molecule has 0 spiro atoms. The molecule has 2 nitrogen and oxygen atoms in total. The maximum atomic E-state index is 6.63. The molecule has 2 aromatic heterocycles. The van der Waals surface area contributed by atoms with Gasteiger partial charge in [0.1, 0.15) is 11.3 Å². The number of benzene rings is 9. The predicted octanol–water partition coefficient (Wildman–Crippen LogP) is 16.7. The van der Waals surface area contributed by atoms with Gasteiger partial charge in [-0.15, -0.1) is 11.3 Å². The van der Waals surface area contributed by atoms with E-state index in [1.165, 1.54) is 92.4 Å². The van der Waals surface area contributed by atoms with Gasteiger partial charge in [-0.3, -0.25) is 0 Å². The molecular formula is C58H39NOS. The van der Waals surface area contributed by atoms with Crippen molar-refractivity contribution in [3.8, 4) is 44.5 Å². The quantitative estimate of drug-likeness (QED) is 0.160. The van der Waals surface area contributed by atoms with E-state index in [1.807, 2.05) is 11.3 Å². The second kappa shape index (κ2) is 14.7. The SMILES string of the molecule is C1=C(N(c2ccc(-c3ccc(-c4ccc5ccccc5c4)cc3)cc2)c2ccc(-c3ccccc3)c3sc4ccccc4c23)CCc2oc3cc(-c4ccccc4)ccc3c21. The first-order chi connectivity index (χ1) is 30.2. The second-order valence-electron chi connectivity index (χ2n) is 16.0. The molecule has 288 valence electrons. The lowest BCUT2D eigenvalue weighted by Crippen LogP contribution is -2.19. The van der Waals surface area contributed by atoms with E-state index in [0.29, 0.717) is 0 Å². The molecule has 0 saturated heterocycles. The summed E-state index contributed by atoms with van der Waals surface area (Å²) < 4.78 is 9.23. The molecule has 1 aliphatic carbocycles. The average Bonchev–Trinajstić information content (AvgIpc) is 3.91. The number of hydrogen-bond acceptors (Lipinski definition) is 3. The molecule has 3 heteroatoms. The Morgan fingerprint density at radius 3 is 1.84 bits per heavy atom. The highest BCUT2D eigenvalue weighted by Gasteiger charge is 2.26. The zero-order valence-electron chi connectivity index (χ0n) is 33.4. The molecule has 9 aromatic carbocycles. The average molecular weight is 798 g/mol. The smallest absolute Gasteiger partial charge is 0.135 e. The number of hydrogen-bond donors (Lipinski definition) is 0. The lowest BCUT2D eigenvalue weighted by atomic mass is 9.95. The first-order valence-corrected chi connectivity index (χ1v) is 21.8. The third-order valence-corrected chi connectivity index (χ3v) is 13.6. The van der Waals surface area contributed by atoms with Crippen LogP contribution >= 0.6 is 11.3 Å². The van der Waals surface area contributed by atoms with E-state index in [0.717, 1.165) is 35.3 Å². The molecular weight excluding hydrogens is 759 g/mol. The van der Waals surface area contributed by atoms with Gasteiger partial charge < -0.3 is 9.32 Å². The Hall–Kier alpha value is -7.46. The highest BCUT2D eigenvalue weighted by molar-refractivity contribution is 7.26. The minimum atomic E-state index is 0.824. The number of fused-ring (bicyclic) bond motifs is 7. The summed E-state index contributed by atoms with van der Waals surface area (Å²) in [6.45, 7) is 0. The van der Waals surface area contributed by atoms with Crippen molar-refractivity contribution in [1.29, 1.82) is 0 Å². The van der Waals surface area contributed by atoms with Crippen LogP contribution in [0.4, 0.5) is 11.4 Å². The molecule has 0 saturated carbocycles. The van der Waals surface area contributed by atoms with Crippen LogP contribution in [0.15, 0.2) is 216 Å². The Morgan fingerprint density at radius 2 is 1.05 bits per heavy atom. The molecule has 1 aliphatic rings. The molecule has 12 rings (SSSR count). The van der Waals surface area contributed by atoms with Gasteiger partial charge in [-0.2, -0.15) is 0 Å². The number of furan rings is 1. The van der Waals surface area contributed by atoms with E-state index < -0.39 is 0 Å². The van der Waals surface area contributed by atoms with E-state index in [2.05, 4.69) is 217 Å². The number of anilines is 2. The zero-order valence-corrected chi connectivity index (χ0v) is 34.2. The van der Waals surface area contributed by atoms with E-state index in [9.17, 15) is 0 Å². The number of nitrogens with zero attached hydrogens (tertiary/aromatic N) is 1. The molecule has 0 atom stereocenters. The lowest BCUT2D eigenvalue weighted by Gasteiger charge is -2.31. The summed E-state index contributed by atoms with van der Waals surface area (Å²) in [6.07, 6.45) is 4.06. The highest BCUT2D eigenvalue weighted by atomic mass is 32.1. The summed E-state index contributed by atoms with van der Waals surface area (Å²) in [5.41, 5.74) is 15.4. The fourth-order valence-electron chi connectivity index (χ4n) is 9.31. The minimum absolute atomic E-state index is 0.824. The fourth-order valence-corrected chi connectivity index (χ4v) is 10.6. The zero-order chi connectivity index (χ0) is 40.3. The molecule has 11 aromatic rings. The number of allylic oxidation sites excluding steroid dienone is 1. The summed E-state index contributed by atoms with van der Waals surface area (Å²) in [4.78, 5) is 2.52. The van der Waals surface area contributed by atoms with Crippen molar-refractivity contribution in [2.45, 2.75) is 12.8 Å². The molecule has 0 fully saturated rings. The summed E-state index contributed by atoms with van der Waals surface area (Å²) in [7, 11) is 0. The van der Waals surface area contributed by atoms with Crippen LogP contribution in [0, 0.1) is 0 Å². The molecule has 0 unspecified atom stereocenters. The predicted molar refractivity (Wildman–Crippen MR) is 260 cm³/mol. The van der Waals surface area contributed by atoms with Gasteiger partial charge in [0, 0.05) is 48.9 Å². The first kappa shape index (κ1) is 35.5. The summed E-state index contributed by atoms with van der Waals surface area (Å²) in [5.74, 6) is 1.05. The van der Waals surface area contributed by atoms with Crippen LogP contribution in [0.25, 0.3) is 92.5 Å². The van der Waals surface area contributed by atoms with Crippen molar-refractivity contribution in [3.05, 3.63) is 223 Å². The van der Waals surface area contributed by atoms with Crippen LogP contribution in [0.5, 0.6) is 0 Å². The molecule has 2 heterocycles. The first-order valence-electron chi connectivity index (χ1n) is 21.0. The molecule has 0 amide bonds. The third kappa shape index (κ3) is 6.25. The van der Waals surface area contributed by atoms with Gasteiger partial charge in [0.25, 0.3) is 0 Å². The summed E-state index contributed by atoms with van der Waals surface area (Å²) in [6, 6.07) is 75.0. The van der Waals surface area contributed by atoms with Crippen LogP contribution in [0.3, 0.4) is 0 Å². The number of aryl methyl sites for hydroxylation is 1.